The lowest BCUT2D eigenvalue weighted by Gasteiger charge is -2.44. The van der Waals surface area contributed by atoms with Gasteiger partial charge in [0.1, 0.15) is 11.7 Å². The lowest BCUT2D eigenvalue weighted by molar-refractivity contribution is -0.129. The number of halogens is 3. The highest BCUT2D eigenvalue weighted by atomic mass is 35.5. The molecule has 1 saturated heterocycles. The number of nitrogens with zero attached hydrogens (tertiary/aromatic N) is 3. The van der Waals surface area contributed by atoms with Gasteiger partial charge in [-0.25, -0.2) is 8.78 Å². The molecule has 26 heavy (non-hydrogen) atoms. The van der Waals surface area contributed by atoms with Crippen LogP contribution in [0, 0.1) is 0 Å². The molecule has 1 spiro atoms. The molecule has 1 fully saturated rings. The highest BCUT2D eigenvalue weighted by molar-refractivity contribution is 7.16. The van der Waals surface area contributed by atoms with Crippen molar-refractivity contribution in [2.45, 2.75) is 31.1 Å². The van der Waals surface area contributed by atoms with E-state index < -0.39 is 13.0 Å². The van der Waals surface area contributed by atoms with Crippen LogP contribution in [0.2, 0.25) is 4.34 Å². The lowest BCUT2D eigenvalue weighted by atomic mass is 9.84. The molecular formula is C17H22ClF2N3O2S. The van der Waals surface area contributed by atoms with Crippen molar-refractivity contribution < 1.29 is 18.6 Å². The van der Waals surface area contributed by atoms with Crippen molar-refractivity contribution in [3.63, 3.8) is 0 Å². The number of aliphatic hydroxyl groups is 1. The van der Waals surface area contributed by atoms with Crippen molar-refractivity contribution in [2.24, 2.45) is 7.05 Å². The van der Waals surface area contributed by atoms with E-state index >= 15 is 0 Å². The monoisotopic (exact) mass is 405 g/mol. The van der Waals surface area contributed by atoms with Crippen molar-refractivity contribution in [3.05, 3.63) is 38.8 Å². The number of likely N-dealkylation sites (tertiary alicyclic amines) is 1. The van der Waals surface area contributed by atoms with Crippen LogP contribution in [0.1, 0.15) is 34.9 Å². The fraction of sp³-hybridized carbons (Fsp3) is 0.588. The van der Waals surface area contributed by atoms with E-state index in [-0.39, 0.29) is 5.60 Å². The molecular weight excluding hydrogens is 384 g/mol. The number of aromatic nitrogens is 2. The van der Waals surface area contributed by atoms with E-state index in [4.69, 9.17) is 16.3 Å². The Morgan fingerprint density at radius 3 is 2.73 bits per heavy atom. The standard InChI is InChI=1S/C16H20ClN3O2S.CH2F2/c1-19-8-11(7-18-19)9-20-4-2-16(3-5-20)15-12(6-14(17)23-15)13(21)10-22-16;2-1-3/h6-8,13,21H,2-5,9-10H2,1H3;1H2/t13-;/m1./s1. The van der Waals surface area contributed by atoms with Crippen LogP contribution >= 0.6 is 22.9 Å². The van der Waals surface area contributed by atoms with E-state index in [2.05, 4.69) is 16.2 Å². The molecule has 4 heterocycles. The maximum absolute atomic E-state index is 10.1. The van der Waals surface area contributed by atoms with Gasteiger partial charge in [-0.1, -0.05) is 11.6 Å². The first-order chi connectivity index (χ1) is 12.5. The molecule has 144 valence electrons. The number of aryl methyl sites for hydroxylation is 1. The predicted octanol–water partition coefficient (Wildman–Crippen LogP) is 3.57. The number of aliphatic hydroxyl groups excluding tert-OH is 1. The summed E-state index contributed by atoms with van der Waals surface area (Å²) < 4.78 is 27.9. The first-order valence-electron chi connectivity index (χ1n) is 8.41. The van der Waals surface area contributed by atoms with Gasteiger partial charge >= 0.3 is 0 Å². The number of rotatable bonds is 2. The zero-order chi connectivity index (χ0) is 18.7. The number of thiophene rings is 1. The molecule has 0 saturated carbocycles. The summed E-state index contributed by atoms with van der Waals surface area (Å²) >= 11 is 7.75. The first-order valence-corrected chi connectivity index (χ1v) is 9.60. The highest BCUT2D eigenvalue weighted by Gasteiger charge is 2.44. The molecule has 0 aromatic carbocycles. The first kappa shape index (κ1) is 19.7. The van der Waals surface area contributed by atoms with Gasteiger partial charge in [0.05, 0.1) is 17.1 Å². The zero-order valence-electron chi connectivity index (χ0n) is 14.5. The van der Waals surface area contributed by atoms with E-state index in [0.29, 0.717) is 6.61 Å². The molecule has 2 aliphatic rings. The van der Waals surface area contributed by atoms with E-state index in [1.807, 2.05) is 24.0 Å². The van der Waals surface area contributed by atoms with Crippen LogP contribution in [0.3, 0.4) is 0 Å². The quantitative estimate of drug-likeness (QED) is 0.829. The average molecular weight is 406 g/mol. The van der Waals surface area contributed by atoms with E-state index in [9.17, 15) is 13.9 Å². The second-order valence-corrected chi connectivity index (χ2v) is 8.24. The molecule has 4 rings (SSSR count). The number of hydrogen-bond acceptors (Lipinski definition) is 5. The number of piperidine rings is 1. The van der Waals surface area contributed by atoms with E-state index in [1.54, 1.807) is 11.3 Å². The van der Waals surface area contributed by atoms with Crippen LogP contribution in [-0.4, -0.2) is 46.4 Å². The maximum Gasteiger partial charge on any atom is 0.229 e. The Kier molecular flexibility index (Phi) is 6.29. The maximum atomic E-state index is 10.1. The number of ether oxygens (including phenoxy) is 1. The summed E-state index contributed by atoms with van der Waals surface area (Å²) in [6, 6.07) is 1.90. The van der Waals surface area contributed by atoms with Crippen molar-refractivity contribution in [1.29, 1.82) is 0 Å². The lowest BCUT2D eigenvalue weighted by Crippen LogP contribution is -2.46. The molecule has 2 aliphatic heterocycles. The second-order valence-electron chi connectivity index (χ2n) is 6.56. The summed E-state index contributed by atoms with van der Waals surface area (Å²) in [4.78, 5) is 3.56. The molecule has 0 unspecified atom stereocenters. The Bertz CT molecular complexity index is 731. The number of hydrogen-bond donors (Lipinski definition) is 1. The van der Waals surface area contributed by atoms with Gasteiger partial charge in [-0.15, -0.1) is 11.3 Å². The Labute approximate surface area is 160 Å². The molecule has 1 N–H and O–H groups in total. The van der Waals surface area contributed by atoms with Gasteiger partial charge < -0.3 is 9.84 Å². The topological polar surface area (TPSA) is 50.5 Å². The second kappa shape index (κ2) is 8.31. The Balaban J connectivity index is 0.000000613. The molecule has 0 amide bonds. The van der Waals surface area contributed by atoms with Gasteiger partial charge in [-0.3, -0.25) is 9.58 Å². The minimum atomic E-state index is -1.75. The summed E-state index contributed by atoms with van der Waals surface area (Å²) in [7, 11) is 1.94. The number of fused-ring (bicyclic) bond motifs is 2. The minimum Gasteiger partial charge on any atom is -0.386 e. The predicted molar refractivity (Wildman–Crippen MR) is 96.7 cm³/mol. The van der Waals surface area contributed by atoms with Crippen LogP contribution in [0.5, 0.6) is 0 Å². The summed E-state index contributed by atoms with van der Waals surface area (Å²) in [6.07, 6.45) is 5.31. The van der Waals surface area contributed by atoms with Crippen LogP contribution in [0.15, 0.2) is 18.5 Å². The van der Waals surface area contributed by atoms with E-state index in [1.165, 1.54) is 5.56 Å². The van der Waals surface area contributed by atoms with Crippen molar-refractivity contribution in [1.82, 2.24) is 14.7 Å². The highest BCUT2D eigenvalue weighted by Crippen LogP contribution is 2.49. The van der Waals surface area contributed by atoms with Crippen molar-refractivity contribution >= 4 is 22.9 Å². The molecule has 2 aromatic rings. The molecule has 0 radical (unpaired) electrons. The van der Waals surface area contributed by atoms with Gasteiger partial charge in [-0.2, -0.15) is 5.10 Å². The minimum absolute atomic E-state index is 0.266. The van der Waals surface area contributed by atoms with Crippen LogP contribution < -0.4 is 0 Å². The molecule has 2 aromatic heterocycles. The average Bonchev–Trinajstić information content (AvgIpc) is 3.20. The van der Waals surface area contributed by atoms with Gasteiger partial charge in [0.15, 0.2) is 0 Å². The van der Waals surface area contributed by atoms with Crippen LogP contribution in [0.25, 0.3) is 0 Å². The Hall–Kier alpha value is -1.06. The van der Waals surface area contributed by atoms with Gasteiger partial charge in [-0.05, 0) is 18.9 Å². The van der Waals surface area contributed by atoms with Gasteiger partial charge in [0, 0.05) is 48.9 Å². The van der Waals surface area contributed by atoms with Gasteiger partial charge in [0.2, 0.25) is 6.93 Å². The molecule has 0 bridgehead atoms. The van der Waals surface area contributed by atoms with Crippen LogP contribution in [-0.2, 0) is 23.9 Å². The zero-order valence-corrected chi connectivity index (χ0v) is 16.1. The third-order valence-corrected chi connectivity index (χ3v) is 6.31. The normalized spacial score (nSPS) is 22.0. The molecule has 0 aliphatic carbocycles. The smallest absolute Gasteiger partial charge is 0.229 e. The largest absolute Gasteiger partial charge is 0.386 e. The van der Waals surface area contributed by atoms with Gasteiger partial charge in [0.25, 0.3) is 0 Å². The Morgan fingerprint density at radius 2 is 2.12 bits per heavy atom. The fourth-order valence-corrected chi connectivity index (χ4v) is 5.12. The van der Waals surface area contributed by atoms with Crippen LogP contribution in [0.4, 0.5) is 8.78 Å². The molecule has 9 heteroatoms. The Morgan fingerprint density at radius 1 is 1.42 bits per heavy atom. The summed E-state index contributed by atoms with van der Waals surface area (Å²) in [5.41, 5.74) is 1.94. The summed E-state index contributed by atoms with van der Waals surface area (Å²) in [5, 5.41) is 14.4. The summed E-state index contributed by atoms with van der Waals surface area (Å²) in [6.45, 7) is 1.48. The summed E-state index contributed by atoms with van der Waals surface area (Å²) in [5.74, 6) is 0. The third-order valence-electron chi connectivity index (χ3n) is 4.85. The number of alkyl halides is 2. The third kappa shape index (κ3) is 4.09. The van der Waals surface area contributed by atoms with Crippen molar-refractivity contribution in [2.75, 3.05) is 26.6 Å². The fourth-order valence-electron chi connectivity index (χ4n) is 3.63. The van der Waals surface area contributed by atoms with Crippen molar-refractivity contribution in [3.8, 4) is 0 Å². The molecule has 5 nitrogen and oxygen atoms in total. The van der Waals surface area contributed by atoms with E-state index in [0.717, 1.165) is 47.3 Å². The molecule has 1 atom stereocenters. The SMILES string of the molecule is Cn1cc(CN2CCC3(CC2)OC[C@@H](O)c2cc(Cl)sc23)cn1.FCF.